The Kier molecular flexibility index (Phi) is 7.61. The number of anilines is 1. The summed E-state index contributed by atoms with van der Waals surface area (Å²) >= 11 is 0. The van der Waals surface area contributed by atoms with Crippen LogP contribution in [-0.4, -0.2) is 51.9 Å². The molecule has 6 heteroatoms. The van der Waals surface area contributed by atoms with Gasteiger partial charge in [0.25, 0.3) is 0 Å². The van der Waals surface area contributed by atoms with Crippen molar-refractivity contribution in [3.8, 4) is 5.75 Å². The lowest BCUT2D eigenvalue weighted by atomic mass is 9.65. The second-order valence-electron chi connectivity index (χ2n) is 10.4. The summed E-state index contributed by atoms with van der Waals surface area (Å²) in [6.45, 7) is 3.21. The van der Waals surface area contributed by atoms with Gasteiger partial charge >= 0.3 is 0 Å². The van der Waals surface area contributed by atoms with E-state index in [0.717, 1.165) is 70.4 Å². The van der Waals surface area contributed by atoms with Crippen molar-refractivity contribution in [1.82, 2.24) is 0 Å². The molecular formula is C29H38FNO4. The van der Waals surface area contributed by atoms with Gasteiger partial charge in [-0.1, -0.05) is 12.1 Å². The van der Waals surface area contributed by atoms with Crippen LogP contribution in [0.15, 0.2) is 36.4 Å². The van der Waals surface area contributed by atoms with E-state index in [1.165, 1.54) is 11.1 Å². The Labute approximate surface area is 208 Å². The fourth-order valence-corrected chi connectivity index (χ4v) is 6.78. The number of aryl methyl sites for hydroxylation is 1. The Hall–Kier alpha value is -2.15. The van der Waals surface area contributed by atoms with Crippen molar-refractivity contribution < 1.29 is 23.7 Å². The first-order valence-electron chi connectivity index (χ1n) is 13.1. The molecule has 5 rings (SSSR count). The molecule has 0 saturated carbocycles. The first-order chi connectivity index (χ1) is 17.1. The third kappa shape index (κ3) is 5.07. The van der Waals surface area contributed by atoms with Gasteiger partial charge in [0.05, 0.1) is 5.69 Å². The highest BCUT2D eigenvalue weighted by Gasteiger charge is 2.37. The summed E-state index contributed by atoms with van der Waals surface area (Å²) in [7, 11) is 3.36. The molecule has 0 bridgehead atoms. The maximum absolute atomic E-state index is 15.6. The molecule has 1 aliphatic carbocycles. The van der Waals surface area contributed by atoms with Gasteiger partial charge in [-0.15, -0.1) is 0 Å². The van der Waals surface area contributed by atoms with Gasteiger partial charge < -0.3 is 24.2 Å². The maximum atomic E-state index is 15.6. The van der Waals surface area contributed by atoms with Gasteiger partial charge in [0.1, 0.15) is 11.6 Å². The van der Waals surface area contributed by atoms with Crippen molar-refractivity contribution in [3.05, 3.63) is 58.9 Å². The third-order valence-corrected chi connectivity index (χ3v) is 8.57. The quantitative estimate of drug-likeness (QED) is 0.551. The number of halogens is 1. The second-order valence-corrected chi connectivity index (χ2v) is 10.4. The van der Waals surface area contributed by atoms with Crippen LogP contribution in [0.4, 0.5) is 10.1 Å². The minimum Gasteiger partial charge on any atom is -0.508 e. The SMILES string of the molecule is COC(OC)C1CCN(c2ccc(C3c4ccc(O)cc4CCC3C3CCOCC3)cc2F)CC1. The molecule has 3 aliphatic rings. The molecule has 2 atom stereocenters. The summed E-state index contributed by atoms with van der Waals surface area (Å²) in [6.07, 6.45) is 5.78. The van der Waals surface area contributed by atoms with Crippen LogP contribution in [0.25, 0.3) is 0 Å². The van der Waals surface area contributed by atoms with E-state index in [1.54, 1.807) is 26.4 Å². The van der Waals surface area contributed by atoms with Crippen LogP contribution >= 0.6 is 0 Å². The number of aromatic hydroxyl groups is 1. The van der Waals surface area contributed by atoms with Crippen LogP contribution in [0.2, 0.25) is 0 Å². The van der Waals surface area contributed by atoms with Gasteiger partial charge in [0.15, 0.2) is 6.29 Å². The monoisotopic (exact) mass is 483 g/mol. The highest BCUT2D eigenvalue weighted by atomic mass is 19.1. The van der Waals surface area contributed by atoms with E-state index >= 15 is 4.39 Å². The van der Waals surface area contributed by atoms with E-state index in [1.807, 2.05) is 12.1 Å². The normalized spacial score (nSPS) is 24.1. The standard InChI is InChI=1S/C29H38FNO4/c1-33-29(34-2)20-9-13-31(14-10-20)27-8-4-22(18-26(27)30)28-24(19-11-15-35-16-12-19)6-3-21-17-23(32)5-7-25(21)28/h4-5,7-8,17-20,24,28-29,32H,3,6,9-16H2,1-2H3. The van der Waals surface area contributed by atoms with Gasteiger partial charge in [-0.25, -0.2) is 4.39 Å². The van der Waals surface area contributed by atoms with Crippen LogP contribution in [-0.2, 0) is 20.6 Å². The molecule has 0 radical (unpaired) electrons. The van der Waals surface area contributed by atoms with Crippen LogP contribution in [0, 0.1) is 23.6 Å². The minimum absolute atomic E-state index is 0.140. The lowest BCUT2D eigenvalue weighted by Gasteiger charge is -2.41. The molecule has 190 valence electrons. The molecule has 2 aromatic rings. The molecule has 0 spiro atoms. The van der Waals surface area contributed by atoms with E-state index in [-0.39, 0.29) is 18.0 Å². The van der Waals surface area contributed by atoms with Crippen molar-refractivity contribution in [2.75, 3.05) is 45.4 Å². The highest BCUT2D eigenvalue weighted by molar-refractivity contribution is 5.52. The number of hydrogen-bond donors (Lipinski definition) is 1. The van der Waals surface area contributed by atoms with E-state index in [4.69, 9.17) is 14.2 Å². The Bertz CT molecular complexity index is 996. The summed E-state index contributed by atoms with van der Waals surface area (Å²) in [5.74, 6) is 1.66. The van der Waals surface area contributed by atoms with Crippen molar-refractivity contribution in [1.29, 1.82) is 0 Å². The van der Waals surface area contributed by atoms with Crippen LogP contribution in [0.3, 0.4) is 0 Å². The minimum atomic E-state index is -0.197. The van der Waals surface area contributed by atoms with Crippen LogP contribution < -0.4 is 4.90 Å². The summed E-state index contributed by atoms with van der Waals surface area (Å²) in [5, 5.41) is 10.1. The molecular weight excluding hydrogens is 445 g/mol. The van der Waals surface area contributed by atoms with Crippen molar-refractivity contribution in [2.24, 2.45) is 17.8 Å². The lowest BCUT2D eigenvalue weighted by Crippen LogP contribution is -2.39. The molecule has 2 aliphatic heterocycles. The predicted molar refractivity (Wildman–Crippen MR) is 134 cm³/mol. The molecule has 5 nitrogen and oxygen atoms in total. The summed E-state index contributed by atoms with van der Waals surface area (Å²) in [4.78, 5) is 2.15. The molecule has 35 heavy (non-hydrogen) atoms. The molecule has 0 aromatic heterocycles. The molecule has 0 amide bonds. The Balaban J connectivity index is 1.40. The van der Waals surface area contributed by atoms with Crippen molar-refractivity contribution in [2.45, 2.75) is 50.7 Å². The Morgan fingerprint density at radius 1 is 0.971 bits per heavy atom. The third-order valence-electron chi connectivity index (χ3n) is 8.57. The van der Waals surface area contributed by atoms with Gasteiger partial charge in [-0.3, -0.25) is 0 Å². The van der Waals surface area contributed by atoms with Crippen molar-refractivity contribution >= 4 is 5.69 Å². The van der Waals surface area contributed by atoms with Crippen LogP contribution in [0.5, 0.6) is 5.75 Å². The zero-order chi connectivity index (χ0) is 24.4. The first kappa shape index (κ1) is 24.5. The number of hydrogen-bond acceptors (Lipinski definition) is 5. The number of fused-ring (bicyclic) bond motifs is 1. The number of piperidine rings is 1. The highest BCUT2D eigenvalue weighted by Crippen LogP contribution is 2.47. The molecule has 2 aromatic carbocycles. The molecule has 2 fully saturated rings. The number of methoxy groups -OCH3 is 2. The largest absolute Gasteiger partial charge is 0.508 e. The van der Waals surface area contributed by atoms with Crippen molar-refractivity contribution in [3.63, 3.8) is 0 Å². The number of nitrogens with zero attached hydrogens (tertiary/aromatic N) is 1. The fraction of sp³-hybridized carbons (Fsp3) is 0.586. The Morgan fingerprint density at radius 2 is 1.71 bits per heavy atom. The van der Waals surface area contributed by atoms with Gasteiger partial charge in [0, 0.05) is 52.4 Å². The molecule has 2 heterocycles. The topological polar surface area (TPSA) is 51.2 Å². The van der Waals surface area contributed by atoms with E-state index in [2.05, 4.69) is 17.0 Å². The van der Waals surface area contributed by atoms with E-state index < -0.39 is 0 Å². The molecule has 1 N–H and O–H groups in total. The summed E-state index contributed by atoms with van der Waals surface area (Å²) in [5.41, 5.74) is 4.16. The van der Waals surface area contributed by atoms with Gasteiger partial charge in [-0.05, 0) is 91.3 Å². The smallest absolute Gasteiger partial charge is 0.159 e. The lowest BCUT2D eigenvalue weighted by molar-refractivity contribution is -0.141. The zero-order valence-electron chi connectivity index (χ0n) is 20.9. The number of rotatable bonds is 6. The Morgan fingerprint density at radius 3 is 2.40 bits per heavy atom. The van der Waals surface area contributed by atoms with Crippen LogP contribution in [0.1, 0.15) is 54.7 Å². The van der Waals surface area contributed by atoms with Gasteiger partial charge in [0.2, 0.25) is 0 Å². The predicted octanol–water partition coefficient (Wildman–Crippen LogP) is 5.49. The molecule has 2 saturated heterocycles. The average Bonchev–Trinajstić information content (AvgIpc) is 2.89. The molecule has 2 unspecified atom stereocenters. The van der Waals surface area contributed by atoms with E-state index in [0.29, 0.717) is 29.2 Å². The summed E-state index contributed by atoms with van der Waals surface area (Å²) < 4.78 is 32.2. The summed E-state index contributed by atoms with van der Waals surface area (Å²) in [6, 6.07) is 11.6. The maximum Gasteiger partial charge on any atom is 0.159 e. The van der Waals surface area contributed by atoms with E-state index in [9.17, 15) is 5.11 Å². The fourth-order valence-electron chi connectivity index (χ4n) is 6.78. The number of benzene rings is 2. The number of phenols is 1. The number of ether oxygens (including phenoxy) is 3. The first-order valence-corrected chi connectivity index (χ1v) is 13.1. The zero-order valence-corrected chi connectivity index (χ0v) is 20.9. The second kappa shape index (κ2) is 10.9. The van der Waals surface area contributed by atoms with Gasteiger partial charge in [-0.2, -0.15) is 0 Å². The number of phenolic OH excluding ortho intramolecular Hbond substituents is 1. The average molecular weight is 484 g/mol.